The molecule has 1 aromatic heterocycles. The molecule has 2 aliphatic rings. The van der Waals surface area contributed by atoms with Crippen LogP contribution < -0.4 is 5.73 Å². The molecule has 0 aromatic carbocycles. The van der Waals surface area contributed by atoms with Gasteiger partial charge in [-0.2, -0.15) is 0 Å². The highest BCUT2D eigenvalue weighted by Gasteiger charge is 2.45. The minimum absolute atomic E-state index is 0.181. The molecule has 2 aliphatic heterocycles. The molecule has 7 heteroatoms. The largest absolute Gasteiger partial charge is 0.444 e. The van der Waals surface area contributed by atoms with E-state index in [-0.39, 0.29) is 18.2 Å². The quantitative estimate of drug-likeness (QED) is 0.901. The van der Waals surface area contributed by atoms with Gasteiger partial charge < -0.3 is 15.4 Å². The molecule has 2 bridgehead atoms. The van der Waals surface area contributed by atoms with Crippen molar-refractivity contribution in [2.75, 3.05) is 0 Å². The topological polar surface area (TPSA) is 86.3 Å². The predicted molar refractivity (Wildman–Crippen MR) is 81.1 cm³/mol. The van der Waals surface area contributed by atoms with E-state index in [0.29, 0.717) is 12.6 Å². The maximum Gasteiger partial charge on any atom is 0.410 e. The van der Waals surface area contributed by atoms with E-state index in [0.717, 1.165) is 31.4 Å². The Labute approximate surface area is 130 Å². The van der Waals surface area contributed by atoms with Gasteiger partial charge in [0.1, 0.15) is 5.60 Å². The Morgan fingerprint density at radius 1 is 1.32 bits per heavy atom. The molecule has 122 valence electrons. The fourth-order valence-electron chi connectivity index (χ4n) is 3.56. The third kappa shape index (κ3) is 2.95. The minimum Gasteiger partial charge on any atom is -0.444 e. The molecule has 3 atom stereocenters. The van der Waals surface area contributed by atoms with Gasteiger partial charge in [0.2, 0.25) is 0 Å². The monoisotopic (exact) mass is 307 g/mol. The average Bonchev–Trinajstić information content (AvgIpc) is 3.00. The van der Waals surface area contributed by atoms with Crippen LogP contribution in [0.4, 0.5) is 4.79 Å². The molecular formula is C15H25N5O2. The Morgan fingerprint density at radius 2 is 1.95 bits per heavy atom. The number of rotatable bonds is 2. The number of nitrogens with two attached hydrogens (primary N) is 1. The molecule has 22 heavy (non-hydrogen) atoms. The van der Waals surface area contributed by atoms with Crippen molar-refractivity contribution in [3.05, 3.63) is 11.9 Å². The molecule has 1 amide bonds. The lowest BCUT2D eigenvalue weighted by atomic mass is 9.98. The summed E-state index contributed by atoms with van der Waals surface area (Å²) >= 11 is 0. The fourth-order valence-corrected chi connectivity index (χ4v) is 3.56. The number of carbonyl (C=O) groups is 1. The first kappa shape index (κ1) is 15.3. The van der Waals surface area contributed by atoms with Crippen LogP contribution in [-0.2, 0) is 11.3 Å². The molecule has 2 N–H and O–H groups in total. The number of amides is 1. The number of fused-ring (bicyclic) bond motifs is 2. The van der Waals surface area contributed by atoms with E-state index in [2.05, 4.69) is 10.3 Å². The normalized spacial score (nSPS) is 28.0. The van der Waals surface area contributed by atoms with Gasteiger partial charge in [-0.1, -0.05) is 5.21 Å². The van der Waals surface area contributed by atoms with Crippen LogP contribution in [0.25, 0.3) is 0 Å². The first-order valence-corrected chi connectivity index (χ1v) is 7.99. The summed E-state index contributed by atoms with van der Waals surface area (Å²) in [5.41, 5.74) is 5.95. The van der Waals surface area contributed by atoms with Gasteiger partial charge in [0.15, 0.2) is 0 Å². The number of carbonyl (C=O) groups excluding carboxylic acids is 1. The minimum atomic E-state index is -0.449. The standard InChI is InChI=1S/C15H25N5O2/c1-15(2,3)22-14(21)20-11-4-5-12(20)7-13(6-11)19-9-10(8-16)17-18-19/h9,11-13H,4-8,16H2,1-3H3/t11-,12+,13?. The maximum atomic E-state index is 12.4. The highest BCUT2D eigenvalue weighted by atomic mass is 16.6. The lowest BCUT2D eigenvalue weighted by Crippen LogP contribution is -2.48. The van der Waals surface area contributed by atoms with Gasteiger partial charge in [-0.15, -0.1) is 5.10 Å². The Kier molecular flexibility index (Phi) is 3.84. The number of ether oxygens (including phenoxy) is 1. The van der Waals surface area contributed by atoms with Crippen LogP contribution in [0.5, 0.6) is 0 Å². The summed E-state index contributed by atoms with van der Waals surface area (Å²) in [4.78, 5) is 14.4. The van der Waals surface area contributed by atoms with Gasteiger partial charge in [-0.05, 0) is 46.5 Å². The summed E-state index contributed by atoms with van der Waals surface area (Å²) in [6.45, 7) is 6.12. The lowest BCUT2D eigenvalue weighted by Gasteiger charge is -2.39. The van der Waals surface area contributed by atoms with Gasteiger partial charge in [-0.3, -0.25) is 0 Å². The number of piperidine rings is 1. The molecule has 1 aromatic rings. The first-order valence-electron chi connectivity index (χ1n) is 7.99. The van der Waals surface area contributed by atoms with Gasteiger partial charge in [0.05, 0.1) is 17.9 Å². The summed E-state index contributed by atoms with van der Waals surface area (Å²) in [6.07, 6.45) is 5.64. The van der Waals surface area contributed by atoms with Crippen molar-refractivity contribution < 1.29 is 9.53 Å². The molecule has 0 radical (unpaired) electrons. The van der Waals surface area contributed by atoms with E-state index in [1.54, 1.807) is 0 Å². The van der Waals surface area contributed by atoms with E-state index >= 15 is 0 Å². The Bertz CT molecular complexity index is 536. The summed E-state index contributed by atoms with van der Waals surface area (Å²) in [5, 5.41) is 8.25. The van der Waals surface area contributed by atoms with Crippen LogP contribution in [0, 0.1) is 0 Å². The summed E-state index contributed by atoms with van der Waals surface area (Å²) < 4.78 is 7.47. The zero-order valence-electron chi connectivity index (χ0n) is 13.5. The zero-order valence-corrected chi connectivity index (χ0v) is 13.5. The van der Waals surface area contributed by atoms with Crippen molar-refractivity contribution in [1.82, 2.24) is 19.9 Å². The molecule has 7 nitrogen and oxygen atoms in total. The lowest BCUT2D eigenvalue weighted by molar-refractivity contribution is 0.00223. The van der Waals surface area contributed by atoms with Gasteiger partial charge in [0, 0.05) is 18.6 Å². The van der Waals surface area contributed by atoms with Gasteiger partial charge in [-0.25, -0.2) is 9.48 Å². The Hall–Kier alpha value is -1.63. The highest BCUT2D eigenvalue weighted by Crippen LogP contribution is 2.41. The van der Waals surface area contributed by atoms with Crippen molar-refractivity contribution >= 4 is 6.09 Å². The number of hydrogen-bond acceptors (Lipinski definition) is 5. The molecule has 0 spiro atoms. The number of hydrogen-bond donors (Lipinski definition) is 1. The zero-order chi connectivity index (χ0) is 15.9. The van der Waals surface area contributed by atoms with Crippen molar-refractivity contribution in [3.63, 3.8) is 0 Å². The van der Waals surface area contributed by atoms with E-state index in [9.17, 15) is 4.79 Å². The van der Waals surface area contributed by atoms with Crippen LogP contribution in [0.2, 0.25) is 0 Å². The van der Waals surface area contributed by atoms with Crippen LogP contribution in [0.3, 0.4) is 0 Å². The Balaban J connectivity index is 1.70. The second kappa shape index (κ2) is 5.53. The van der Waals surface area contributed by atoms with Gasteiger partial charge >= 0.3 is 6.09 Å². The van der Waals surface area contributed by atoms with E-state index < -0.39 is 5.60 Å². The maximum absolute atomic E-state index is 12.4. The van der Waals surface area contributed by atoms with Crippen molar-refractivity contribution in [3.8, 4) is 0 Å². The molecule has 3 rings (SSSR count). The van der Waals surface area contributed by atoms with E-state index in [1.165, 1.54) is 0 Å². The second-order valence-electron chi connectivity index (χ2n) is 7.29. The fraction of sp³-hybridized carbons (Fsp3) is 0.800. The average molecular weight is 307 g/mol. The number of aromatic nitrogens is 3. The summed E-state index contributed by atoms with van der Waals surface area (Å²) in [6, 6.07) is 0.775. The van der Waals surface area contributed by atoms with E-state index in [1.807, 2.05) is 36.5 Å². The van der Waals surface area contributed by atoms with Crippen LogP contribution in [-0.4, -0.2) is 43.7 Å². The molecule has 3 heterocycles. The second-order valence-corrected chi connectivity index (χ2v) is 7.29. The number of nitrogens with zero attached hydrogens (tertiary/aromatic N) is 4. The third-order valence-electron chi connectivity index (χ3n) is 4.45. The third-order valence-corrected chi connectivity index (χ3v) is 4.45. The van der Waals surface area contributed by atoms with Crippen molar-refractivity contribution in [2.45, 2.75) is 76.7 Å². The van der Waals surface area contributed by atoms with Gasteiger partial charge in [0.25, 0.3) is 0 Å². The molecule has 0 saturated carbocycles. The smallest absolute Gasteiger partial charge is 0.410 e. The SMILES string of the molecule is CC(C)(C)OC(=O)N1[C@@H]2CC[C@H]1CC(n1cc(CN)nn1)C2. The predicted octanol–water partition coefficient (Wildman–Crippen LogP) is 1.84. The molecule has 1 unspecified atom stereocenters. The molecular weight excluding hydrogens is 282 g/mol. The van der Waals surface area contributed by atoms with Crippen LogP contribution in [0.1, 0.15) is 58.2 Å². The highest BCUT2D eigenvalue weighted by molar-refractivity contribution is 5.69. The van der Waals surface area contributed by atoms with Crippen molar-refractivity contribution in [2.24, 2.45) is 5.73 Å². The summed E-state index contributed by atoms with van der Waals surface area (Å²) in [5.74, 6) is 0. The molecule has 2 fully saturated rings. The molecule has 0 aliphatic carbocycles. The summed E-state index contributed by atoms with van der Waals surface area (Å²) in [7, 11) is 0. The first-order chi connectivity index (χ1) is 10.4. The van der Waals surface area contributed by atoms with Crippen molar-refractivity contribution in [1.29, 1.82) is 0 Å². The molecule has 2 saturated heterocycles. The Morgan fingerprint density at radius 3 is 2.45 bits per heavy atom. The van der Waals surface area contributed by atoms with E-state index in [4.69, 9.17) is 10.5 Å². The van der Waals surface area contributed by atoms with Crippen LogP contribution >= 0.6 is 0 Å². The van der Waals surface area contributed by atoms with Crippen LogP contribution in [0.15, 0.2) is 6.20 Å².